The second kappa shape index (κ2) is 6.21. The molecular formula is C14H20N4. The average Bonchev–Trinajstić information content (AvgIpc) is 2.80. The lowest BCUT2D eigenvalue weighted by Crippen LogP contribution is -2.13. The second-order valence-corrected chi connectivity index (χ2v) is 4.32. The number of hydrogen-bond donors (Lipinski definition) is 2. The molecule has 2 rings (SSSR count). The van der Waals surface area contributed by atoms with Gasteiger partial charge in [-0.05, 0) is 31.1 Å². The number of benzene rings is 1. The Balaban J connectivity index is 2.02. The van der Waals surface area contributed by atoms with Crippen molar-refractivity contribution in [3.05, 3.63) is 47.7 Å². The molecule has 0 bridgehead atoms. The Morgan fingerprint density at radius 3 is 2.61 bits per heavy atom. The lowest BCUT2D eigenvalue weighted by atomic mass is 10.0. The summed E-state index contributed by atoms with van der Waals surface area (Å²) < 4.78 is 1.84. The van der Waals surface area contributed by atoms with E-state index in [1.54, 1.807) is 6.20 Å². The maximum atomic E-state index is 4.15. The minimum Gasteiger partial charge on any atom is -0.366 e. The van der Waals surface area contributed by atoms with Gasteiger partial charge in [0.05, 0.1) is 6.20 Å². The van der Waals surface area contributed by atoms with Crippen molar-refractivity contribution in [1.82, 2.24) is 15.1 Å². The number of aryl methyl sites for hydroxylation is 1. The highest BCUT2D eigenvalue weighted by Gasteiger charge is 2.02. The van der Waals surface area contributed by atoms with E-state index in [2.05, 4.69) is 40.0 Å². The van der Waals surface area contributed by atoms with Crippen molar-refractivity contribution in [3.63, 3.8) is 0 Å². The summed E-state index contributed by atoms with van der Waals surface area (Å²) in [6.45, 7) is 1.84. The summed E-state index contributed by atoms with van der Waals surface area (Å²) in [7, 11) is 3.92. The Morgan fingerprint density at radius 2 is 1.94 bits per heavy atom. The van der Waals surface area contributed by atoms with E-state index in [0.717, 1.165) is 25.3 Å². The smallest absolute Gasteiger partial charge is 0.124 e. The first-order valence-corrected chi connectivity index (χ1v) is 6.24. The van der Waals surface area contributed by atoms with Gasteiger partial charge in [0.1, 0.15) is 5.82 Å². The molecule has 1 aromatic carbocycles. The SMILES string of the molecule is CNCCc1ccccc1CNc1ccnn1C. The lowest BCUT2D eigenvalue weighted by Gasteiger charge is -2.11. The van der Waals surface area contributed by atoms with Gasteiger partial charge in [-0.25, -0.2) is 0 Å². The Hall–Kier alpha value is -1.81. The number of hydrogen-bond acceptors (Lipinski definition) is 3. The summed E-state index contributed by atoms with van der Waals surface area (Å²) in [4.78, 5) is 0. The molecule has 0 fully saturated rings. The molecule has 0 unspecified atom stereocenters. The molecule has 96 valence electrons. The zero-order valence-corrected chi connectivity index (χ0v) is 11.0. The maximum absolute atomic E-state index is 4.15. The van der Waals surface area contributed by atoms with Gasteiger partial charge < -0.3 is 10.6 Å². The number of nitrogens with one attached hydrogen (secondary N) is 2. The minimum absolute atomic E-state index is 0.833. The van der Waals surface area contributed by atoms with Crippen molar-refractivity contribution in [2.24, 2.45) is 7.05 Å². The Labute approximate surface area is 108 Å². The molecule has 4 heteroatoms. The maximum Gasteiger partial charge on any atom is 0.124 e. The van der Waals surface area contributed by atoms with Gasteiger partial charge in [0.25, 0.3) is 0 Å². The third-order valence-electron chi connectivity index (χ3n) is 3.04. The van der Waals surface area contributed by atoms with Gasteiger partial charge in [-0.1, -0.05) is 24.3 Å². The van der Waals surface area contributed by atoms with E-state index in [0.29, 0.717) is 0 Å². The molecule has 0 saturated carbocycles. The summed E-state index contributed by atoms with van der Waals surface area (Å²) in [5, 5.41) is 10.7. The van der Waals surface area contributed by atoms with Gasteiger partial charge in [-0.3, -0.25) is 4.68 Å². The third-order valence-corrected chi connectivity index (χ3v) is 3.04. The van der Waals surface area contributed by atoms with Crippen molar-refractivity contribution in [2.45, 2.75) is 13.0 Å². The summed E-state index contributed by atoms with van der Waals surface area (Å²) in [6.07, 6.45) is 2.86. The van der Waals surface area contributed by atoms with E-state index in [1.165, 1.54) is 11.1 Å². The van der Waals surface area contributed by atoms with Crippen LogP contribution < -0.4 is 10.6 Å². The molecule has 0 aliphatic rings. The molecule has 1 heterocycles. The van der Waals surface area contributed by atoms with Crippen LogP contribution in [0, 0.1) is 0 Å². The summed E-state index contributed by atoms with van der Waals surface area (Å²) in [5.74, 6) is 1.04. The first-order valence-electron chi connectivity index (χ1n) is 6.24. The topological polar surface area (TPSA) is 41.9 Å². The normalized spacial score (nSPS) is 10.6. The molecule has 0 radical (unpaired) electrons. The molecule has 18 heavy (non-hydrogen) atoms. The number of likely N-dealkylation sites (N-methyl/N-ethyl adjacent to an activating group) is 1. The van der Waals surface area contributed by atoms with Crippen molar-refractivity contribution in [3.8, 4) is 0 Å². The van der Waals surface area contributed by atoms with E-state index in [4.69, 9.17) is 0 Å². The molecule has 2 aromatic rings. The van der Waals surface area contributed by atoms with Gasteiger partial charge in [-0.15, -0.1) is 0 Å². The predicted octanol–water partition coefficient (Wildman–Crippen LogP) is 1.79. The Kier molecular flexibility index (Phi) is 4.36. The molecule has 0 aliphatic carbocycles. The fraction of sp³-hybridized carbons (Fsp3) is 0.357. The van der Waals surface area contributed by atoms with Gasteiger partial charge in [0.15, 0.2) is 0 Å². The van der Waals surface area contributed by atoms with Crippen LogP contribution in [0.4, 0.5) is 5.82 Å². The van der Waals surface area contributed by atoms with E-state index >= 15 is 0 Å². The van der Waals surface area contributed by atoms with Crippen LogP contribution in [0.25, 0.3) is 0 Å². The predicted molar refractivity (Wildman–Crippen MR) is 74.6 cm³/mol. The van der Waals surface area contributed by atoms with Crippen LogP contribution in [0.5, 0.6) is 0 Å². The standard InChI is InChI=1S/C14H20N4/c1-15-9-7-12-5-3-4-6-13(12)11-16-14-8-10-17-18(14)2/h3-6,8,10,15-16H,7,9,11H2,1-2H3. The van der Waals surface area contributed by atoms with Crippen molar-refractivity contribution in [1.29, 1.82) is 0 Å². The van der Waals surface area contributed by atoms with Crippen LogP contribution in [-0.4, -0.2) is 23.4 Å². The van der Waals surface area contributed by atoms with Crippen LogP contribution in [0.15, 0.2) is 36.5 Å². The van der Waals surface area contributed by atoms with Crippen LogP contribution in [-0.2, 0) is 20.0 Å². The number of anilines is 1. The van der Waals surface area contributed by atoms with E-state index in [1.807, 2.05) is 24.8 Å². The van der Waals surface area contributed by atoms with Crippen molar-refractivity contribution >= 4 is 5.82 Å². The summed E-state index contributed by atoms with van der Waals surface area (Å²) >= 11 is 0. The fourth-order valence-corrected chi connectivity index (χ4v) is 1.97. The Bertz CT molecular complexity index is 490. The van der Waals surface area contributed by atoms with Gasteiger partial charge in [-0.2, -0.15) is 5.10 Å². The van der Waals surface area contributed by atoms with Crippen molar-refractivity contribution < 1.29 is 0 Å². The zero-order chi connectivity index (χ0) is 12.8. The van der Waals surface area contributed by atoms with Gasteiger partial charge in [0, 0.05) is 19.7 Å². The molecular weight excluding hydrogens is 224 g/mol. The van der Waals surface area contributed by atoms with Gasteiger partial charge in [0.2, 0.25) is 0 Å². The van der Waals surface area contributed by atoms with Crippen LogP contribution in [0.2, 0.25) is 0 Å². The first kappa shape index (κ1) is 12.6. The van der Waals surface area contributed by atoms with Crippen LogP contribution in [0.3, 0.4) is 0 Å². The first-order chi connectivity index (χ1) is 8.81. The van der Waals surface area contributed by atoms with Crippen LogP contribution >= 0.6 is 0 Å². The third kappa shape index (κ3) is 3.11. The molecule has 0 saturated heterocycles. The van der Waals surface area contributed by atoms with Crippen molar-refractivity contribution in [2.75, 3.05) is 18.9 Å². The summed E-state index contributed by atoms with van der Waals surface area (Å²) in [6, 6.07) is 10.5. The molecule has 2 N–H and O–H groups in total. The van der Waals surface area contributed by atoms with E-state index in [-0.39, 0.29) is 0 Å². The monoisotopic (exact) mass is 244 g/mol. The second-order valence-electron chi connectivity index (χ2n) is 4.32. The molecule has 0 aliphatic heterocycles. The minimum atomic E-state index is 0.833. The molecule has 0 amide bonds. The molecule has 0 atom stereocenters. The zero-order valence-electron chi connectivity index (χ0n) is 11.0. The fourth-order valence-electron chi connectivity index (χ4n) is 1.97. The Morgan fingerprint density at radius 1 is 1.17 bits per heavy atom. The van der Waals surface area contributed by atoms with E-state index < -0.39 is 0 Å². The van der Waals surface area contributed by atoms with Crippen LogP contribution in [0.1, 0.15) is 11.1 Å². The lowest BCUT2D eigenvalue weighted by molar-refractivity contribution is 0.765. The molecule has 0 spiro atoms. The van der Waals surface area contributed by atoms with Gasteiger partial charge >= 0.3 is 0 Å². The largest absolute Gasteiger partial charge is 0.366 e. The molecule has 1 aromatic heterocycles. The van der Waals surface area contributed by atoms with E-state index in [9.17, 15) is 0 Å². The quantitative estimate of drug-likeness (QED) is 0.814. The number of nitrogens with zero attached hydrogens (tertiary/aromatic N) is 2. The molecule has 4 nitrogen and oxygen atoms in total. The highest BCUT2D eigenvalue weighted by atomic mass is 15.3. The highest BCUT2D eigenvalue weighted by Crippen LogP contribution is 2.12. The summed E-state index contributed by atoms with van der Waals surface area (Å²) in [5.41, 5.74) is 2.73. The highest BCUT2D eigenvalue weighted by molar-refractivity contribution is 5.37. The average molecular weight is 244 g/mol. The number of rotatable bonds is 6. The number of aromatic nitrogens is 2.